The van der Waals surface area contributed by atoms with Gasteiger partial charge in [0, 0.05) is 33.0 Å². The van der Waals surface area contributed by atoms with E-state index in [1.54, 1.807) is 0 Å². The SMILES string of the molecule is CCCCCCCC(NC(CC)[Si](C)(OCC)OCC)[Si](OCC)(OCC)OCC. The highest BCUT2D eigenvalue weighted by Gasteiger charge is 2.52. The van der Waals surface area contributed by atoms with Crippen LogP contribution >= 0.6 is 0 Å². The van der Waals surface area contributed by atoms with E-state index in [1.165, 1.54) is 25.7 Å². The molecule has 0 heterocycles. The van der Waals surface area contributed by atoms with Crippen molar-refractivity contribution in [3.63, 3.8) is 0 Å². The third kappa shape index (κ3) is 10.2. The molecule has 2 atom stereocenters. The highest BCUT2D eigenvalue weighted by molar-refractivity contribution is 6.68. The molecular weight excluding hydrogens is 414 g/mol. The first-order valence-electron chi connectivity index (χ1n) is 12.4. The maximum atomic E-state index is 6.29. The summed E-state index contributed by atoms with van der Waals surface area (Å²) in [7, 11) is -5.30. The van der Waals surface area contributed by atoms with Gasteiger partial charge in [0.05, 0.1) is 11.3 Å². The minimum atomic E-state index is -2.90. The van der Waals surface area contributed by atoms with Gasteiger partial charge in [0.15, 0.2) is 0 Å². The van der Waals surface area contributed by atoms with Gasteiger partial charge in [-0.25, -0.2) is 0 Å². The van der Waals surface area contributed by atoms with E-state index in [1.807, 2.05) is 34.6 Å². The van der Waals surface area contributed by atoms with Crippen molar-refractivity contribution >= 4 is 17.4 Å². The number of hydrogen-bond donors (Lipinski definition) is 1. The van der Waals surface area contributed by atoms with E-state index >= 15 is 0 Å². The highest BCUT2D eigenvalue weighted by atomic mass is 28.4. The largest absolute Gasteiger partial charge is 0.518 e. The number of nitrogens with one attached hydrogen (secondary N) is 1. The third-order valence-corrected chi connectivity index (χ3v) is 12.3. The summed E-state index contributed by atoms with van der Waals surface area (Å²) in [6, 6.07) is 0. The number of unbranched alkanes of at least 4 members (excludes halogenated alkanes) is 4. The van der Waals surface area contributed by atoms with Crippen molar-refractivity contribution in [1.29, 1.82) is 0 Å². The van der Waals surface area contributed by atoms with Gasteiger partial charge in [0.2, 0.25) is 0 Å². The molecule has 8 heteroatoms. The fourth-order valence-corrected chi connectivity index (χ4v) is 10.1. The van der Waals surface area contributed by atoms with Gasteiger partial charge in [-0.3, -0.25) is 0 Å². The average Bonchev–Trinajstić information content (AvgIpc) is 2.70. The lowest BCUT2D eigenvalue weighted by molar-refractivity contribution is 0.0546. The summed E-state index contributed by atoms with van der Waals surface area (Å²) in [5, 5.41) is 3.90. The molecule has 1 N–H and O–H groups in total. The summed E-state index contributed by atoms with van der Waals surface area (Å²) in [5.74, 6) is 0. The molecule has 0 rings (SSSR count). The van der Waals surface area contributed by atoms with Crippen molar-refractivity contribution in [1.82, 2.24) is 5.32 Å². The second kappa shape index (κ2) is 17.7. The summed E-state index contributed by atoms with van der Waals surface area (Å²) < 4.78 is 31.3. The zero-order valence-electron chi connectivity index (χ0n) is 21.2. The molecule has 6 nitrogen and oxygen atoms in total. The van der Waals surface area contributed by atoms with Crippen LogP contribution in [0.5, 0.6) is 0 Å². The van der Waals surface area contributed by atoms with E-state index in [9.17, 15) is 0 Å². The van der Waals surface area contributed by atoms with Gasteiger partial charge in [-0.1, -0.05) is 46.0 Å². The number of rotatable bonds is 21. The predicted molar refractivity (Wildman–Crippen MR) is 130 cm³/mol. The van der Waals surface area contributed by atoms with Crippen LogP contribution in [0, 0.1) is 0 Å². The molecule has 0 aromatic rings. The first-order valence-corrected chi connectivity index (χ1v) is 16.6. The Morgan fingerprint density at radius 2 is 1.07 bits per heavy atom. The summed E-state index contributed by atoms with van der Waals surface area (Å²) in [4.78, 5) is 0. The Labute approximate surface area is 189 Å². The lowest BCUT2D eigenvalue weighted by Gasteiger charge is -2.41. The molecule has 0 radical (unpaired) electrons. The monoisotopic (exact) mass is 465 g/mol. The molecule has 0 aliphatic carbocycles. The molecule has 0 fully saturated rings. The summed E-state index contributed by atoms with van der Waals surface area (Å²) >= 11 is 0. The van der Waals surface area contributed by atoms with Crippen LogP contribution in [0.2, 0.25) is 6.55 Å². The second-order valence-electron chi connectivity index (χ2n) is 7.67. The zero-order valence-corrected chi connectivity index (χ0v) is 23.2. The van der Waals surface area contributed by atoms with Crippen molar-refractivity contribution < 1.29 is 22.1 Å². The van der Waals surface area contributed by atoms with Gasteiger partial charge in [-0.15, -0.1) is 0 Å². The maximum Gasteiger partial charge on any atom is 0.518 e. The van der Waals surface area contributed by atoms with Crippen LogP contribution < -0.4 is 5.32 Å². The first kappa shape index (κ1) is 30.2. The van der Waals surface area contributed by atoms with E-state index in [2.05, 4.69) is 25.7 Å². The summed E-state index contributed by atoms with van der Waals surface area (Å²) in [6.45, 7) is 19.9. The fraction of sp³-hybridized carbons (Fsp3) is 1.00. The molecule has 0 aliphatic heterocycles. The summed E-state index contributed by atoms with van der Waals surface area (Å²) in [5.41, 5.74) is 0.183. The zero-order chi connectivity index (χ0) is 22.9. The minimum Gasteiger partial charge on any atom is -0.394 e. The van der Waals surface area contributed by atoms with Crippen molar-refractivity contribution in [2.75, 3.05) is 33.0 Å². The molecule has 0 amide bonds. The van der Waals surface area contributed by atoms with Crippen LogP contribution in [0.15, 0.2) is 0 Å². The van der Waals surface area contributed by atoms with Crippen LogP contribution in [-0.2, 0) is 22.1 Å². The van der Waals surface area contributed by atoms with Gasteiger partial charge in [0.1, 0.15) is 0 Å². The predicted octanol–water partition coefficient (Wildman–Crippen LogP) is 5.36. The van der Waals surface area contributed by atoms with Crippen molar-refractivity contribution in [2.45, 2.75) is 111 Å². The third-order valence-electron chi connectivity index (χ3n) is 5.37. The van der Waals surface area contributed by atoms with Crippen LogP contribution in [0.25, 0.3) is 0 Å². The number of hydrogen-bond acceptors (Lipinski definition) is 6. The van der Waals surface area contributed by atoms with Crippen molar-refractivity contribution in [3.8, 4) is 0 Å². The Hall–Kier alpha value is 0.194. The lowest BCUT2D eigenvalue weighted by atomic mass is 10.1. The molecule has 0 spiro atoms. The average molecular weight is 466 g/mol. The molecule has 0 bridgehead atoms. The molecular formula is C22H51NO5Si2. The lowest BCUT2D eigenvalue weighted by Crippen LogP contribution is -2.68. The molecule has 0 saturated heterocycles. The van der Waals surface area contributed by atoms with E-state index < -0.39 is 17.4 Å². The van der Waals surface area contributed by atoms with Gasteiger partial charge in [0.25, 0.3) is 0 Å². The van der Waals surface area contributed by atoms with E-state index in [0.717, 1.165) is 19.3 Å². The highest BCUT2D eigenvalue weighted by Crippen LogP contribution is 2.24. The topological polar surface area (TPSA) is 58.2 Å². The normalized spacial score (nSPS) is 14.8. The fourth-order valence-electron chi connectivity index (χ4n) is 4.04. The van der Waals surface area contributed by atoms with Crippen LogP contribution in [0.3, 0.4) is 0 Å². The van der Waals surface area contributed by atoms with E-state index in [-0.39, 0.29) is 11.3 Å². The second-order valence-corrected chi connectivity index (χ2v) is 13.7. The Bertz CT molecular complexity index is 381. The first-order chi connectivity index (χ1) is 14.4. The van der Waals surface area contributed by atoms with Gasteiger partial charge >= 0.3 is 17.4 Å². The van der Waals surface area contributed by atoms with Crippen LogP contribution in [-0.4, -0.2) is 61.7 Å². The smallest absolute Gasteiger partial charge is 0.394 e. The Kier molecular flexibility index (Phi) is 17.8. The Morgan fingerprint density at radius 1 is 0.600 bits per heavy atom. The molecule has 0 aromatic carbocycles. The van der Waals surface area contributed by atoms with E-state index in [4.69, 9.17) is 22.1 Å². The quantitative estimate of drug-likeness (QED) is 0.182. The van der Waals surface area contributed by atoms with Gasteiger partial charge in [-0.05, 0) is 54.0 Å². The maximum absolute atomic E-state index is 6.29. The summed E-state index contributed by atoms with van der Waals surface area (Å²) in [6.07, 6.45) is 8.10. The van der Waals surface area contributed by atoms with Crippen molar-refractivity contribution in [2.24, 2.45) is 0 Å². The van der Waals surface area contributed by atoms with Crippen molar-refractivity contribution in [3.05, 3.63) is 0 Å². The van der Waals surface area contributed by atoms with Gasteiger partial charge < -0.3 is 27.4 Å². The minimum absolute atomic E-state index is 0.0386. The molecule has 0 aliphatic rings. The molecule has 0 saturated carbocycles. The Morgan fingerprint density at radius 3 is 1.47 bits per heavy atom. The molecule has 30 heavy (non-hydrogen) atoms. The Balaban J connectivity index is 5.74. The van der Waals surface area contributed by atoms with Gasteiger partial charge in [-0.2, -0.15) is 0 Å². The standard InChI is InChI=1S/C22H51NO5Si2/c1-9-16-17-18-19-20-22(30(26-13-5,27-14-6)28-15-7)23-21(10-2)29(8,24-11-3)25-12-4/h21-23H,9-20H2,1-8H3. The molecule has 182 valence electrons. The molecule has 2 unspecified atom stereocenters. The molecule has 0 aromatic heterocycles. The van der Waals surface area contributed by atoms with Crippen LogP contribution in [0.4, 0.5) is 0 Å². The van der Waals surface area contributed by atoms with Crippen LogP contribution in [0.1, 0.15) is 93.4 Å². The van der Waals surface area contributed by atoms with E-state index in [0.29, 0.717) is 33.0 Å².